The van der Waals surface area contributed by atoms with Gasteiger partial charge in [-0.2, -0.15) is 0 Å². The minimum atomic E-state index is -0.112. The van der Waals surface area contributed by atoms with E-state index in [1.54, 1.807) is 4.57 Å². The van der Waals surface area contributed by atoms with Crippen molar-refractivity contribution >= 4 is 29.7 Å². The Bertz CT molecular complexity index is 549. The molecule has 1 unspecified atom stereocenters. The molecule has 0 aromatic carbocycles. The molecule has 0 bridgehead atoms. The van der Waals surface area contributed by atoms with Crippen LogP contribution in [-0.2, 0) is 11.3 Å². The molecule has 0 saturated heterocycles. The van der Waals surface area contributed by atoms with E-state index in [0.717, 1.165) is 23.4 Å². The summed E-state index contributed by atoms with van der Waals surface area (Å²) in [5, 5.41) is 3.03. The summed E-state index contributed by atoms with van der Waals surface area (Å²) in [6.45, 7) is 4.34. The fourth-order valence-corrected chi connectivity index (χ4v) is 3.90. The number of halogens is 1. The van der Waals surface area contributed by atoms with Crippen molar-refractivity contribution in [3.63, 3.8) is 0 Å². The Morgan fingerprint density at radius 2 is 2.00 bits per heavy atom. The van der Waals surface area contributed by atoms with Crippen LogP contribution in [0.5, 0.6) is 0 Å². The summed E-state index contributed by atoms with van der Waals surface area (Å²) >= 11 is 1.19. The fraction of sp³-hybridized carbons (Fsp3) is 0.733. The van der Waals surface area contributed by atoms with Gasteiger partial charge in [-0.1, -0.05) is 30.6 Å². The van der Waals surface area contributed by atoms with Crippen LogP contribution in [0.15, 0.2) is 4.79 Å². The maximum atomic E-state index is 12.2. The number of carbonyl (C=O) groups is 1. The van der Waals surface area contributed by atoms with Crippen molar-refractivity contribution in [3.8, 4) is 0 Å². The number of nitrogens with one attached hydrogen (secondary N) is 1. The molecule has 0 spiro atoms. The molecule has 2 rings (SSSR count). The number of aromatic nitrogens is 1. The first-order valence-electron chi connectivity index (χ1n) is 7.69. The molecule has 0 aliphatic heterocycles. The first kappa shape index (κ1) is 19.2. The average Bonchev–Trinajstić information content (AvgIpc) is 2.72. The smallest absolute Gasteiger partial charge is 0.308 e. The minimum Gasteiger partial charge on any atom is -0.350 e. The number of nitrogens with two attached hydrogens (primary N) is 1. The summed E-state index contributed by atoms with van der Waals surface area (Å²) in [7, 11) is 0. The van der Waals surface area contributed by atoms with Crippen LogP contribution >= 0.6 is 23.7 Å². The van der Waals surface area contributed by atoms with E-state index >= 15 is 0 Å². The molecular weight excluding hydrogens is 322 g/mol. The lowest BCUT2D eigenvalue weighted by Gasteiger charge is -2.30. The van der Waals surface area contributed by atoms with E-state index in [-0.39, 0.29) is 35.8 Å². The van der Waals surface area contributed by atoms with Gasteiger partial charge in [-0.25, -0.2) is 0 Å². The van der Waals surface area contributed by atoms with Crippen LogP contribution in [0.3, 0.4) is 0 Å². The quantitative estimate of drug-likeness (QED) is 0.854. The zero-order chi connectivity index (χ0) is 15.4. The normalized spacial score (nSPS) is 16.9. The Labute approximate surface area is 141 Å². The Morgan fingerprint density at radius 3 is 2.50 bits per heavy atom. The van der Waals surface area contributed by atoms with Crippen LogP contribution < -0.4 is 15.9 Å². The van der Waals surface area contributed by atoms with Crippen LogP contribution in [0.25, 0.3) is 0 Å². The van der Waals surface area contributed by atoms with Crippen molar-refractivity contribution in [2.45, 2.75) is 58.5 Å². The largest absolute Gasteiger partial charge is 0.350 e. The maximum Gasteiger partial charge on any atom is 0.308 e. The lowest BCUT2D eigenvalue weighted by molar-refractivity contribution is -0.122. The van der Waals surface area contributed by atoms with Crippen molar-refractivity contribution < 1.29 is 4.79 Å². The Balaban J connectivity index is 0.00000242. The lowest BCUT2D eigenvalue weighted by Crippen LogP contribution is -2.47. The third kappa shape index (κ3) is 4.57. The second-order valence-corrected chi connectivity index (χ2v) is 7.07. The second kappa shape index (κ2) is 8.70. The van der Waals surface area contributed by atoms with Crippen molar-refractivity contribution in [1.82, 2.24) is 9.88 Å². The van der Waals surface area contributed by atoms with Gasteiger partial charge in [0, 0.05) is 23.2 Å². The van der Waals surface area contributed by atoms with Gasteiger partial charge in [0.2, 0.25) is 5.91 Å². The average molecular weight is 348 g/mol. The van der Waals surface area contributed by atoms with Gasteiger partial charge >= 0.3 is 4.87 Å². The molecule has 5 nitrogen and oxygen atoms in total. The predicted octanol–water partition coefficient (Wildman–Crippen LogP) is 1.97. The second-order valence-electron chi connectivity index (χ2n) is 5.90. The van der Waals surface area contributed by atoms with Gasteiger partial charge < -0.3 is 11.1 Å². The van der Waals surface area contributed by atoms with E-state index in [2.05, 4.69) is 5.32 Å². The Morgan fingerprint density at radius 1 is 1.36 bits per heavy atom. The fourth-order valence-electron chi connectivity index (χ4n) is 3.07. The Kier molecular flexibility index (Phi) is 7.59. The molecular formula is C15H26ClN3O2S. The number of hydrogen-bond donors (Lipinski definition) is 2. The highest BCUT2D eigenvalue weighted by molar-refractivity contribution is 7.09. The van der Waals surface area contributed by atoms with Gasteiger partial charge in [0.15, 0.2) is 0 Å². The van der Waals surface area contributed by atoms with E-state index in [1.807, 2.05) is 13.8 Å². The highest BCUT2D eigenvalue weighted by Gasteiger charge is 2.24. The summed E-state index contributed by atoms with van der Waals surface area (Å²) in [5.74, 6) is 0.369. The van der Waals surface area contributed by atoms with Gasteiger partial charge in [-0.05, 0) is 32.6 Å². The maximum absolute atomic E-state index is 12.2. The highest BCUT2D eigenvalue weighted by Crippen LogP contribution is 2.26. The van der Waals surface area contributed by atoms with Gasteiger partial charge in [-0.3, -0.25) is 14.2 Å². The molecule has 1 aromatic rings. The summed E-state index contributed by atoms with van der Waals surface area (Å²) in [5.41, 5.74) is 6.70. The number of nitrogens with zero attached hydrogens (tertiary/aromatic N) is 1. The molecule has 7 heteroatoms. The van der Waals surface area contributed by atoms with Crippen LogP contribution in [0.2, 0.25) is 0 Å². The van der Waals surface area contributed by atoms with E-state index in [0.29, 0.717) is 12.5 Å². The molecule has 22 heavy (non-hydrogen) atoms. The highest BCUT2D eigenvalue weighted by atomic mass is 35.5. The Hall–Kier alpha value is -0.850. The summed E-state index contributed by atoms with van der Waals surface area (Å²) in [6.07, 6.45) is 6.00. The number of rotatable bonds is 5. The minimum absolute atomic E-state index is 0. The first-order chi connectivity index (χ1) is 10.0. The van der Waals surface area contributed by atoms with E-state index < -0.39 is 0 Å². The molecule has 1 fully saturated rings. The summed E-state index contributed by atoms with van der Waals surface area (Å²) in [4.78, 5) is 24.9. The topological polar surface area (TPSA) is 77.1 Å². The molecule has 126 valence electrons. The molecule has 1 aliphatic rings. The molecule has 1 aromatic heterocycles. The number of amides is 1. The molecule has 1 amide bonds. The molecule has 1 saturated carbocycles. The van der Waals surface area contributed by atoms with Crippen LogP contribution in [-0.4, -0.2) is 23.1 Å². The van der Waals surface area contributed by atoms with Crippen molar-refractivity contribution in [2.24, 2.45) is 11.7 Å². The van der Waals surface area contributed by atoms with E-state index in [1.165, 1.54) is 30.6 Å². The third-order valence-electron chi connectivity index (χ3n) is 4.50. The van der Waals surface area contributed by atoms with E-state index in [4.69, 9.17) is 5.73 Å². The number of aryl methyl sites for hydroxylation is 1. The summed E-state index contributed by atoms with van der Waals surface area (Å²) in [6, 6.07) is 0.0357. The zero-order valence-corrected chi connectivity index (χ0v) is 14.9. The van der Waals surface area contributed by atoms with Gasteiger partial charge in [0.05, 0.1) is 0 Å². The van der Waals surface area contributed by atoms with Crippen LogP contribution in [0.1, 0.15) is 42.7 Å². The molecule has 1 aliphatic carbocycles. The third-order valence-corrected chi connectivity index (χ3v) is 5.49. The van der Waals surface area contributed by atoms with Gasteiger partial charge in [-0.15, -0.1) is 12.4 Å². The molecule has 1 heterocycles. The lowest BCUT2D eigenvalue weighted by atomic mass is 9.84. The van der Waals surface area contributed by atoms with Crippen molar-refractivity contribution in [1.29, 1.82) is 0 Å². The van der Waals surface area contributed by atoms with Crippen LogP contribution in [0, 0.1) is 19.8 Å². The number of carbonyl (C=O) groups excluding carboxylic acids is 1. The molecule has 1 atom stereocenters. The van der Waals surface area contributed by atoms with Crippen molar-refractivity contribution in [2.75, 3.05) is 6.54 Å². The van der Waals surface area contributed by atoms with E-state index in [9.17, 15) is 9.59 Å². The standard InChI is InChI=1S/C15H25N3O2S.ClH/c1-10-11(2)21-15(20)18(10)9-14(19)17-13(8-16)12-6-4-3-5-7-12;/h12-13H,3-9,16H2,1-2H3,(H,17,19);1H. The van der Waals surface area contributed by atoms with Crippen LogP contribution in [0.4, 0.5) is 0 Å². The van der Waals surface area contributed by atoms with Gasteiger partial charge in [0.25, 0.3) is 0 Å². The SMILES string of the molecule is Cc1sc(=O)n(CC(=O)NC(CN)C2CCCCC2)c1C.Cl. The zero-order valence-electron chi connectivity index (χ0n) is 13.3. The first-order valence-corrected chi connectivity index (χ1v) is 8.50. The van der Waals surface area contributed by atoms with Crippen molar-refractivity contribution in [3.05, 3.63) is 20.2 Å². The molecule has 3 N–H and O–H groups in total. The predicted molar refractivity (Wildman–Crippen MR) is 92.9 cm³/mol. The summed E-state index contributed by atoms with van der Waals surface area (Å²) < 4.78 is 1.55. The number of hydrogen-bond acceptors (Lipinski definition) is 4. The number of thiazole rings is 1. The van der Waals surface area contributed by atoms with Gasteiger partial charge in [0.1, 0.15) is 6.54 Å². The monoisotopic (exact) mass is 347 g/mol. The molecule has 0 radical (unpaired) electrons.